The van der Waals surface area contributed by atoms with Crippen LogP contribution in [-0.2, 0) is 7.86 Å². The summed E-state index contributed by atoms with van der Waals surface area (Å²) in [5, 5.41) is 2.47. The highest BCUT2D eigenvalue weighted by molar-refractivity contribution is 14.2. The van der Waals surface area contributed by atoms with E-state index in [1.54, 1.807) is 6.07 Å². The zero-order chi connectivity index (χ0) is 23.6. The number of carbonyl (C=O) groups excluding carboxylic acids is 2. The number of imide groups is 1. The Morgan fingerprint density at radius 2 is 1.25 bits per heavy atom. The molecule has 0 heterocycles. The van der Waals surface area contributed by atoms with Crippen LogP contribution in [0.4, 0.5) is 0 Å². The molecule has 7 heteroatoms. The number of halogens is 3. The second kappa shape index (κ2) is 19.6. The molecule has 0 aliphatic heterocycles. The van der Waals surface area contributed by atoms with Gasteiger partial charge in [0.05, 0.1) is 9.13 Å². The molecule has 0 atom stereocenters. The minimum absolute atomic E-state index is 0.242. The summed E-state index contributed by atoms with van der Waals surface area (Å²) in [6.07, 6.45) is 19.6. The predicted molar refractivity (Wildman–Crippen MR) is 157 cm³/mol. The highest BCUT2D eigenvalue weighted by Crippen LogP contribution is 2.25. The molecule has 0 saturated heterocycles. The maximum Gasteiger partial charge on any atom is 0.259 e. The van der Waals surface area contributed by atoms with Gasteiger partial charge in [-0.3, -0.25) is 18.0 Å². The van der Waals surface area contributed by atoms with Gasteiger partial charge < -0.3 is 0 Å². The molecule has 0 fully saturated rings. The molecule has 0 spiro atoms. The first kappa shape index (κ1) is 30.4. The largest absolute Gasteiger partial charge is 0.292 e. The second-order valence-electron chi connectivity index (χ2n) is 8.40. The van der Waals surface area contributed by atoms with E-state index in [4.69, 9.17) is 0 Å². The van der Waals surface area contributed by atoms with Crippen LogP contribution in [0.1, 0.15) is 120 Å². The average Bonchev–Trinajstić information content (AvgIpc) is 2.75. The van der Waals surface area contributed by atoms with Gasteiger partial charge >= 0.3 is 0 Å². The third kappa shape index (κ3) is 13.9. The molecule has 182 valence electrons. The summed E-state index contributed by atoms with van der Waals surface area (Å²) in [6.45, 7) is 2.26. The molecular formula is C25H38I3NO3. The molecule has 0 bridgehead atoms. The van der Waals surface area contributed by atoms with E-state index in [1.165, 1.54) is 77.0 Å². The van der Waals surface area contributed by atoms with Gasteiger partial charge in [-0.05, 0) is 63.7 Å². The molecule has 0 aliphatic rings. The van der Waals surface area contributed by atoms with Crippen LogP contribution >= 0.6 is 66.4 Å². The normalized spacial score (nSPS) is 11.0. The van der Waals surface area contributed by atoms with E-state index >= 15 is 0 Å². The summed E-state index contributed by atoms with van der Waals surface area (Å²) in [5.41, 5.74) is 0.369. The molecule has 0 saturated carbocycles. The lowest BCUT2D eigenvalue weighted by Gasteiger charge is -2.08. The highest BCUT2D eigenvalue weighted by atomic mass is 127. The summed E-state index contributed by atoms with van der Waals surface area (Å²) in [5.74, 6) is -0.674. The standard InChI is InChI=1S/C25H38I3NO3/c1-2-3-4-5-6-7-8-9-10-11-12-13-14-15-16-17-23(30)29-25(31)21-18-20(26)19-22(27)24(21)28-32/h18-19H,2-17H2,1H3,(H,29,30,31). The van der Waals surface area contributed by atoms with Gasteiger partial charge in [0.25, 0.3) is 5.91 Å². The number of rotatable bonds is 18. The fourth-order valence-corrected chi connectivity index (χ4v) is 7.12. The van der Waals surface area contributed by atoms with Crippen LogP contribution in [0, 0.1) is 10.7 Å². The first-order valence-electron chi connectivity index (χ1n) is 12.1. The maximum absolute atomic E-state index is 12.4. The maximum atomic E-state index is 12.4. The Labute approximate surface area is 232 Å². The molecule has 0 aromatic heterocycles. The minimum Gasteiger partial charge on any atom is -0.292 e. The van der Waals surface area contributed by atoms with Crippen molar-refractivity contribution in [3.05, 3.63) is 28.4 Å². The number of amides is 2. The summed E-state index contributed by atoms with van der Waals surface area (Å²) in [4.78, 5) is 24.6. The number of unbranched alkanes of at least 4 members (excludes halogenated alkanes) is 14. The Morgan fingerprint density at radius 3 is 1.72 bits per heavy atom. The Kier molecular flexibility index (Phi) is 18.6. The minimum atomic E-state index is -1.47. The number of hydrogen-bond donors (Lipinski definition) is 1. The molecule has 0 aliphatic carbocycles. The van der Waals surface area contributed by atoms with E-state index in [9.17, 15) is 12.7 Å². The molecule has 4 nitrogen and oxygen atoms in total. The molecular weight excluding hydrogens is 743 g/mol. The van der Waals surface area contributed by atoms with Crippen molar-refractivity contribution in [3.8, 4) is 0 Å². The van der Waals surface area contributed by atoms with Gasteiger partial charge in [-0.15, -0.1) is 0 Å². The monoisotopic (exact) mass is 781 g/mol. The van der Waals surface area contributed by atoms with E-state index in [0.717, 1.165) is 26.4 Å². The summed E-state index contributed by atoms with van der Waals surface area (Å²) in [6, 6.07) is 3.59. The number of hydrogen-bond acceptors (Lipinski definition) is 3. The second-order valence-corrected chi connectivity index (χ2v) is 12.3. The van der Waals surface area contributed by atoms with Crippen molar-refractivity contribution in [2.24, 2.45) is 0 Å². The van der Waals surface area contributed by atoms with Gasteiger partial charge in [-0.1, -0.05) is 96.8 Å². The predicted octanol–water partition coefficient (Wildman–Crippen LogP) is 8.90. The van der Waals surface area contributed by atoms with Crippen LogP contribution in [0.2, 0.25) is 0 Å². The molecule has 2 amide bonds. The highest BCUT2D eigenvalue weighted by Gasteiger charge is 2.17. The van der Waals surface area contributed by atoms with Crippen molar-refractivity contribution in [2.75, 3.05) is 0 Å². The van der Waals surface area contributed by atoms with Crippen LogP contribution in [-0.4, -0.2) is 11.8 Å². The molecule has 0 radical (unpaired) electrons. The fourth-order valence-electron chi connectivity index (χ4n) is 3.71. The molecule has 1 N–H and O–H groups in total. The van der Waals surface area contributed by atoms with E-state index in [-0.39, 0.29) is 5.91 Å². The van der Waals surface area contributed by atoms with E-state index in [2.05, 4.69) is 57.4 Å². The average molecular weight is 781 g/mol. The molecule has 0 unspecified atom stereocenters. The fraction of sp³-hybridized carbons (Fsp3) is 0.680. The number of carbonyl (C=O) groups is 2. The van der Waals surface area contributed by atoms with Crippen LogP contribution < -0.4 is 5.32 Å². The lowest BCUT2D eigenvalue weighted by molar-refractivity contribution is -0.120. The van der Waals surface area contributed by atoms with Crippen LogP contribution in [0.25, 0.3) is 0 Å². The summed E-state index contributed by atoms with van der Waals surface area (Å²) < 4.78 is 13.8. The van der Waals surface area contributed by atoms with Gasteiger partial charge in [-0.25, -0.2) is 0 Å². The molecule has 32 heavy (non-hydrogen) atoms. The molecule has 1 aromatic rings. The van der Waals surface area contributed by atoms with Gasteiger partial charge in [-0.2, -0.15) is 0 Å². The van der Waals surface area contributed by atoms with Crippen molar-refractivity contribution in [1.29, 1.82) is 0 Å². The lowest BCUT2D eigenvalue weighted by Crippen LogP contribution is -2.31. The van der Waals surface area contributed by atoms with Crippen LogP contribution in [0.5, 0.6) is 0 Å². The zero-order valence-corrected chi connectivity index (χ0v) is 25.8. The Morgan fingerprint density at radius 1 is 0.781 bits per heavy atom. The Hall–Kier alpha value is 0.350. The smallest absolute Gasteiger partial charge is 0.259 e. The van der Waals surface area contributed by atoms with Gasteiger partial charge in [0.15, 0.2) is 21.2 Å². The Bertz CT molecular complexity index is 710. The van der Waals surface area contributed by atoms with Crippen molar-refractivity contribution in [1.82, 2.24) is 5.32 Å². The van der Waals surface area contributed by atoms with E-state index in [1.807, 2.05) is 6.07 Å². The quantitative estimate of drug-likeness (QED) is 0.0920. The van der Waals surface area contributed by atoms with Crippen molar-refractivity contribution in [2.45, 2.75) is 110 Å². The van der Waals surface area contributed by atoms with Crippen LogP contribution in [0.15, 0.2) is 12.1 Å². The number of nitrogens with one attached hydrogen (secondary N) is 1. The van der Waals surface area contributed by atoms with Gasteiger partial charge in [0, 0.05) is 13.6 Å². The first-order chi connectivity index (χ1) is 15.5. The van der Waals surface area contributed by atoms with Crippen LogP contribution in [0.3, 0.4) is 0 Å². The SMILES string of the molecule is CCCCCCCCCCCCCCCCCC(=O)NC(=O)c1cc(I)cc(I)c1I=O. The van der Waals surface area contributed by atoms with E-state index < -0.39 is 27.1 Å². The third-order valence-corrected chi connectivity index (χ3v) is 9.68. The summed E-state index contributed by atoms with van der Waals surface area (Å²) >= 11 is 2.75. The zero-order valence-electron chi connectivity index (χ0n) is 19.3. The molecule has 1 rings (SSSR count). The van der Waals surface area contributed by atoms with Crippen molar-refractivity contribution >= 4 is 78.2 Å². The Balaban J connectivity index is 2.04. The van der Waals surface area contributed by atoms with Crippen molar-refractivity contribution < 1.29 is 12.7 Å². The first-order valence-corrected chi connectivity index (χ1v) is 16.2. The number of benzene rings is 1. The van der Waals surface area contributed by atoms with Gasteiger partial charge in [0.1, 0.15) is 0 Å². The summed E-state index contributed by atoms with van der Waals surface area (Å²) in [7, 11) is 0. The molecule has 1 aromatic carbocycles. The lowest BCUT2D eigenvalue weighted by atomic mass is 10.0. The van der Waals surface area contributed by atoms with E-state index in [0.29, 0.717) is 15.6 Å². The van der Waals surface area contributed by atoms with Gasteiger partial charge in [0.2, 0.25) is 5.91 Å². The third-order valence-electron chi connectivity index (χ3n) is 5.58. The van der Waals surface area contributed by atoms with Crippen molar-refractivity contribution in [3.63, 3.8) is 0 Å². The topological polar surface area (TPSA) is 63.2 Å².